The molecule has 2 aromatic rings. The first kappa shape index (κ1) is 14.0. The first-order valence-corrected chi connectivity index (χ1v) is 6.41. The second kappa shape index (κ2) is 6.17. The number of hydrogen-bond acceptors (Lipinski definition) is 2. The van der Waals surface area contributed by atoms with Crippen LogP contribution in [-0.4, -0.2) is 6.54 Å². The SMILES string of the molecule is CCCNC(c1ccoc1)c1cc(F)c(Cl)cc1F. The van der Waals surface area contributed by atoms with Gasteiger partial charge in [-0.1, -0.05) is 18.5 Å². The molecular formula is C14H14ClF2NO. The Bertz CT molecular complexity index is 543. The Morgan fingerprint density at radius 3 is 2.74 bits per heavy atom. The minimum atomic E-state index is -0.634. The Balaban J connectivity index is 2.40. The lowest BCUT2D eigenvalue weighted by molar-refractivity contribution is 0.523. The molecule has 0 saturated heterocycles. The average molecular weight is 286 g/mol. The van der Waals surface area contributed by atoms with Gasteiger partial charge in [0, 0.05) is 11.1 Å². The van der Waals surface area contributed by atoms with Crippen LogP contribution in [0.15, 0.2) is 35.1 Å². The summed E-state index contributed by atoms with van der Waals surface area (Å²) < 4.78 is 32.5. The molecule has 0 aliphatic carbocycles. The zero-order chi connectivity index (χ0) is 13.8. The van der Waals surface area contributed by atoms with Crippen molar-refractivity contribution in [3.05, 3.63) is 58.5 Å². The summed E-state index contributed by atoms with van der Waals surface area (Å²) in [4.78, 5) is 0. The highest BCUT2D eigenvalue weighted by Gasteiger charge is 2.20. The van der Waals surface area contributed by atoms with Crippen molar-refractivity contribution >= 4 is 11.6 Å². The van der Waals surface area contributed by atoms with Crippen LogP contribution >= 0.6 is 11.6 Å². The third-order valence-corrected chi connectivity index (χ3v) is 3.12. The second-order valence-electron chi connectivity index (χ2n) is 4.23. The molecule has 5 heteroatoms. The zero-order valence-electron chi connectivity index (χ0n) is 10.4. The summed E-state index contributed by atoms with van der Waals surface area (Å²) in [6.07, 6.45) is 3.89. The molecule has 0 saturated carbocycles. The standard InChI is InChI=1S/C14H14ClF2NO/c1-2-4-18-14(9-3-5-19-8-9)10-6-13(17)11(15)7-12(10)16/h3,5-8,14,18H,2,4H2,1H3. The summed E-state index contributed by atoms with van der Waals surface area (Å²) in [7, 11) is 0. The Hall–Kier alpha value is -1.39. The van der Waals surface area contributed by atoms with Crippen molar-refractivity contribution in [2.45, 2.75) is 19.4 Å². The van der Waals surface area contributed by atoms with Gasteiger partial charge in [-0.05, 0) is 31.2 Å². The van der Waals surface area contributed by atoms with Gasteiger partial charge in [0.1, 0.15) is 11.6 Å². The molecule has 0 fully saturated rings. The lowest BCUT2D eigenvalue weighted by Gasteiger charge is -2.18. The average Bonchev–Trinajstić information content (AvgIpc) is 2.89. The van der Waals surface area contributed by atoms with Gasteiger partial charge >= 0.3 is 0 Å². The Labute approximate surface area is 115 Å². The Morgan fingerprint density at radius 1 is 1.32 bits per heavy atom. The van der Waals surface area contributed by atoms with Crippen LogP contribution in [-0.2, 0) is 0 Å². The molecule has 0 aliphatic heterocycles. The molecule has 1 aromatic carbocycles. The van der Waals surface area contributed by atoms with Gasteiger partial charge < -0.3 is 9.73 Å². The van der Waals surface area contributed by atoms with E-state index in [1.807, 2.05) is 6.92 Å². The van der Waals surface area contributed by atoms with Crippen LogP contribution in [0.1, 0.15) is 30.5 Å². The van der Waals surface area contributed by atoms with Crippen molar-refractivity contribution in [1.82, 2.24) is 5.32 Å². The van der Waals surface area contributed by atoms with Crippen molar-refractivity contribution in [2.24, 2.45) is 0 Å². The fourth-order valence-corrected chi connectivity index (χ4v) is 2.04. The van der Waals surface area contributed by atoms with Crippen LogP contribution in [0.3, 0.4) is 0 Å². The van der Waals surface area contributed by atoms with E-state index in [0.29, 0.717) is 6.54 Å². The third-order valence-electron chi connectivity index (χ3n) is 2.83. The van der Waals surface area contributed by atoms with E-state index in [0.717, 1.165) is 24.1 Å². The second-order valence-corrected chi connectivity index (χ2v) is 4.64. The van der Waals surface area contributed by atoms with E-state index in [-0.39, 0.29) is 10.6 Å². The molecule has 1 atom stereocenters. The van der Waals surface area contributed by atoms with E-state index in [1.165, 1.54) is 12.5 Å². The molecule has 19 heavy (non-hydrogen) atoms. The number of hydrogen-bond donors (Lipinski definition) is 1. The Morgan fingerprint density at radius 2 is 2.11 bits per heavy atom. The summed E-state index contributed by atoms with van der Waals surface area (Å²) >= 11 is 5.57. The number of furan rings is 1. The van der Waals surface area contributed by atoms with Crippen molar-refractivity contribution < 1.29 is 13.2 Å². The number of benzene rings is 1. The summed E-state index contributed by atoms with van der Waals surface area (Å²) in [5, 5.41) is 2.95. The predicted molar refractivity (Wildman–Crippen MR) is 70.2 cm³/mol. The number of halogens is 3. The van der Waals surface area contributed by atoms with E-state index in [2.05, 4.69) is 5.32 Å². The lowest BCUT2D eigenvalue weighted by Crippen LogP contribution is -2.24. The fraction of sp³-hybridized carbons (Fsp3) is 0.286. The highest BCUT2D eigenvalue weighted by atomic mass is 35.5. The molecule has 0 spiro atoms. The molecule has 0 bridgehead atoms. The first-order valence-electron chi connectivity index (χ1n) is 6.03. The number of rotatable bonds is 5. The maximum Gasteiger partial charge on any atom is 0.142 e. The van der Waals surface area contributed by atoms with E-state index < -0.39 is 17.7 Å². The van der Waals surface area contributed by atoms with Crippen LogP contribution in [0.5, 0.6) is 0 Å². The highest BCUT2D eigenvalue weighted by molar-refractivity contribution is 6.30. The van der Waals surface area contributed by atoms with Crippen molar-refractivity contribution in [3.8, 4) is 0 Å². The maximum absolute atomic E-state index is 14.0. The van der Waals surface area contributed by atoms with E-state index in [9.17, 15) is 8.78 Å². The molecule has 2 rings (SSSR count). The molecule has 1 heterocycles. The fourth-order valence-electron chi connectivity index (χ4n) is 1.89. The van der Waals surface area contributed by atoms with Crippen LogP contribution in [0, 0.1) is 11.6 Å². The van der Waals surface area contributed by atoms with Gasteiger partial charge in [-0.15, -0.1) is 0 Å². The van der Waals surface area contributed by atoms with Crippen molar-refractivity contribution in [3.63, 3.8) is 0 Å². The van der Waals surface area contributed by atoms with Crippen LogP contribution in [0.25, 0.3) is 0 Å². The monoisotopic (exact) mass is 285 g/mol. The Kier molecular flexibility index (Phi) is 4.56. The van der Waals surface area contributed by atoms with Gasteiger partial charge in [0.15, 0.2) is 0 Å². The zero-order valence-corrected chi connectivity index (χ0v) is 11.2. The molecule has 0 amide bonds. The van der Waals surface area contributed by atoms with Crippen molar-refractivity contribution in [2.75, 3.05) is 6.54 Å². The molecule has 1 unspecified atom stereocenters. The summed E-state index contributed by atoms with van der Waals surface area (Å²) in [6, 6.07) is 3.38. The quantitative estimate of drug-likeness (QED) is 0.829. The van der Waals surface area contributed by atoms with Gasteiger partial charge in [-0.2, -0.15) is 0 Å². The highest BCUT2D eigenvalue weighted by Crippen LogP contribution is 2.28. The molecule has 0 radical (unpaired) electrons. The smallest absolute Gasteiger partial charge is 0.142 e. The van der Waals surface area contributed by atoms with Crippen LogP contribution in [0.4, 0.5) is 8.78 Å². The molecule has 1 aromatic heterocycles. The van der Waals surface area contributed by atoms with Gasteiger partial charge in [0.05, 0.1) is 23.6 Å². The minimum Gasteiger partial charge on any atom is -0.472 e. The summed E-state index contributed by atoms with van der Waals surface area (Å²) in [6.45, 7) is 2.68. The summed E-state index contributed by atoms with van der Waals surface area (Å²) in [5.41, 5.74) is 0.964. The van der Waals surface area contributed by atoms with Gasteiger partial charge in [0.25, 0.3) is 0 Å². The van der Waals surface area contributed by atoms with Crippen LogP contribution in [0.2, 0.25) is 5.02 Å². The number of nitrogens with one attached hydrogen (secondary N) is 1. The van der Waals surface area contributed by atoms with Crippen LogP contribution < -0.4 is 5.32 Å². The van der Waals surface area contributed by atoms with Gasteiger partial charge in [-0.3, -0.25) is 0 Å². The largest absolute Gasteiger partial charge is 0.472 e. The maximum atomic E-state index is 14.0. The van der Waals surface area contributed by atoms with E-state index in [1.54, 1.807) is 6.07 Å². The minimum absolute atomic E-state index is 0.219. The molecule has 1 N–H and O–H groups in total. The first-order chi connectivity index (χ1) is 9.13. The predicted octanol–water partition coefficient (Wildman–Crippen LogP) is 4.30. The van der Waals surface area contributed by atoms with E-state index >= 15 is 0 Å². The van der Waals surface area contributed by atoms with E-state index in [4.69, 9.17) is 16.0 Å². The molecular weight excluding hydrogens is 272 g/mol. The van der Waals surface area contributed by atoms with Crippen molar-refractivity contribution in [1.29, 1.82) is 0 Å². The molecule has 102 valence electrons. The van der Waals surface area contributed by atoms with Gasteiger partial charge in [-0.25, -0.2) is 8.78 Å². The summed E-state index contributed by atoms with van der Waals surface area (Å²) in [5.74, 6) is -1.17. The molecule has 0 aliphatic rings. The topological polar surface area (TPSA) is 25.2 Å². The van der Waals surface area contributed by atoms with Gasteiger partial charge in [0.2, 0.25) is 0 Å². The normalized spacial score (nSPS) is 12.6. The third kappa shape index (κ3) is 3.14. The lowest BCUT2D eigenvalue weighted by atomic mass is 10.0. The molecule has 2 nitrogen and oxygen atoms in total.